The van der Waals surface area contributed by atoms with Crippen molar-refractivity contribution in [3.63, 3.8) is 0 Å². The van der Waals surface area contributed by atoms with Crippen LogP contribution in [0.15, 0.2) is 0 Å². The second kappa shape index (κ2) is 7.59. The van der Waals surface area contributed by atoms with Gasteiger partial charge in [0.25, 0.3) is 0 Å². The lowest BCUT2D eigenvalue weighted by Gasteiger charge is -2.34. The number of likely N-dealkylation sites (tertiary alicyclic amines) is 1. The Morgan fingerprint density at radius 3 is 2.29 bits per heavy atom. The number of piperidine rings is 1. The van der Waals surface area contributed by atoms with Crippen molar-refractivity contribution >= 4 is 35.3 Å². The summed E-state index contributed by atoms with van der Waals surface area (Å²) in [6.45, 7) is 4.05. The molecule has 7 heteroatoms. The predicted molar refractivity (Wildman–Crippen MR) is 78.9 cm³/mol. The van der Waals surface area contributed by atoms with Gasteiger partial charge in [0.2, 0.25) is 11.8 Å². The first kappa shape index (κ1) is 17.7. The number of ketones is 1. The van der Waals surface area contributed by atoms with Crippen LogP contribution in [0, 0.1) is 5.41 Å². The molecule has 1 aliphatic heterocycles. The van der Waals surface area contributed by atoms with Crippen LogP contribution in [-0.4, -0.2) is 51.6 Å². The molecular weight excluding hydrogens is 294 g/mol. The molecule has 1 N–H and O–H groups in total. The van der Waals surface area contributed by atoms with Gasteiger partial charge in [0.1, 0.15) is 5.78 Å². The van der Waals surface area contributed by atoms with Gasteiger partial charge in [-0.1, -0.05) is 13.8 Å². The van der Waals surface area contributed by atoms with Crippen LogP contribution in [0.4, 0.5) is 0 Å². The van der Waals surface area contributed by atoms with Gasteiger partial charge in [0.15, 0.2) is 0 Å². The normalized spacial score (nSPS) is 17.9. The summed E-state index contributed by atoms with van der Waals surface area (Å²) in [5, 5.41) is 8.46. The van der Waals surface area contributed by atoms with Crippen LogP contribution < -0.4 is 0 Å². The van der Waals surface area contributed by atoms with Crippen LogP contribution in [0.1, 0.15) is 39.5 Å². The van der Waals surface area contributed by atoms with E-state index in [9.17, 15) is 19.2 Å². The van der Waals surface area contributed by atoms with E-state index in [1.807, 2.05) is 13.8 Å². The quantitative estimate of drug-likeness (QED) is 0.679. The van der Waals surface area contributed by atoms with Gasteiger partial charge in [-0.2, -0.15) is 0 Å². The summed E-state index contributed by atoms with van der Waals surface area (Å²) in [6, 6.07) is 0. The molecule has 0 radical (unpaired) electrons. The number of thioether (sulfide) groups is 1. The lowest BCUT2D eigenvalue weighted by molar-refractivity contribution is -0.152. The highest BCUT2D eigenvalue weighted by Gasteiger charge is 2.36. The lowest BCUT2D eigenvalue weighted by Crippen LogP contribution is -2.46. The zero-order valence-corrected chi connectivity index (χ0v) is 13.2. The number of carboxylic acids is 1. The Labute approximate surface area is 128 Å². The summed E-state index contributed by atoms with van der Waals surface area (Å²) in [5.74, 6) is -1.29. The van der Waals surface area contributed by atoms with E-state index in [1.54, 1.807) is 0 Å². The molecule has 1 rings (SSSR count). The van der Waals surface area contributed by atoms with E-state index in [4.69, 9.17) is 5.11 Å². The fourth-order valence-corrected chi connectivity index (χ4v) is 2.87. The maximum absolute atomic E-state index is 11.9. The number of carbonyl (C=O) groups is 4. The van der Waals surface area contributed by atoms with Crippen molar-refractivity contribution < 1.29 is 24.3 Å². The Balaban J connectivity index is 2.29. The molecule has 0 unspecified atom stereocenters. The van der Waals surface area contributed by atoms with Crippen LogP contribution in [-0.2, 0) is 19.2 Å². The SMILES string of the molecule is CC1(C)CC(=O)N(CCCC(=O)CSCC(=O)O)C(=O)C1. The Hall–Kier alpha value is -1.37. The number of hydrogen-bond donors (Lipinski definition) is 1. The van der Waals surface area contributed by atoms with Crippen molar-refractivity contribution in [3.05, 3.63) is 0 Å². The summed E-state index contributed by atoms with van der Waals surface area (Å²) in [6.07, 6.45) is 1.39. The molecule has 0 atom stereocenters. The van der Waals surface area contributed by atoms with Crippen molar-refractivity contribution in [1.82, 2.24) is 4.90 Å². The maximum Gasteiger partial charge on any atom is 0.313 e. The van der Waals surface area contributed by atoms with Gasteiger partial charge in [-0.15, -0.1) is 11.8 Å². The van der Waals surface area contributed by atoms with E-state index in [-0.39, 0.29) is 47.5 Å². The summed E-state index contributed by atoms with van der Waals surface area (Å²) in [5.41, 5.74) is -0.284. The van der Waals surface area contributed by atoms with Gasteiger partial charge < -0.3 is 5.11 Å². The van der Waals surface area contributed by atoms with E-state index in [0.29, 0.717) is 19.3 Å². The van der Waals surface area contributed by atoms with Crippen LogP contribution in [0.3, 0.4) is 0 Å². The maximum atomic E-state index is 11.9. The Morgan fingerprint density at radius 1 is 1.19 bits per heavy atom. The summed E-state index contributed by atoms with van der Waals surface area (Å²) in [7, 11) is 0. The fraction of sp³-hybridized carbons (Fsp3) is 0.714. The molecule has 1 heterocycles. The second-order valence-corrected chi connectivity index (χ2v) is 6.97. The van der Waals surface area contributed by atoms with E-state index in [0.717, 1.165) is 11.8 Å². The molecule has 1 fully saturated rings. The van der Waals surface area contributed by atoms with E-state index in [2.05, 4.69) is 0 Å². The van der Waals surface area contributed by atoms with Gasteiger partial charge in [0.05, 0.1) is 11.5 Å². The summed E-state index contributed by atoms with van der Waals surface area (Å²) in [4.78, 5) is 46.9. The molecule has 21 heavy (non-hydrogen) atoms. The zero-order valence-electron chi connectivity index (χ0n) is 12.4. The standard InChI is InChI=1S/C14H21NO5S/c1-14(2)6-11(17)15(12(18)7-14)5-3-4-10(16)8-21-9-13(19)20/h3-9H2,1-2H3,(H,19,20). The number of amides is 2. The van der Waals surface area contributed by atoms with Crippen LogP contribution in [0.5, 0.6) is 0 Å². The Kier molecular flexibility index (Phi) is 6.39. The average molecular weight is 315 g/mol. The minimum absolute atomic E-state index is 0.0570. The number of imide groups is 1. The van der Waals surface area contributed by atoms with Crippen molar-refractivity contribution in [2.45, 2.75) is 39.5 Å². The smallest absolute Gasteiger partial charge is 0.313 e. The van der Waals surface area contributed by atoms with Gasteiger partial charge in [-0.25, -0.2) is 0 Å². The highest BCUT2D eigenvalue weighted by atomic mass is 32.2. The number of rotatable bonds is 8. The molecule has 118 valence electrons. The first-order valence-corrected chi connectivity index (χ1v) is 8.01. The van der Waals surface area contributed by atoms with Gasteiger partial charge in [-0.3, -0.25) is 24.1 Å². The van der Waals surface area contributed by atoms with Gasteiger partial charge >= 0.3 is 5.97 Å². The number of Topliss-reactive ketones (excluding diaryl/α,β-unsaturated/α-hetero) is 1. The number of nitrogens with zero attached hydrogens (tertiary/aromatic N) is 1. The molecule has 0 aromatic carbocycles. The monoisotopic (exact) mass is 315 g/mol. The molecule has 0 saturated carbocycles. The lowest BCUT2D eigenvalue weighted by atomic mass is 9.81. The largest absolute Gasteiger partial charge is 0.481 e. The van der Waals surface area contributed by atoms with Gasteiger partial charge in [0, 0.05) is 25.8 Å². The third kappa shape index (κ3) is 6.29. The Bertz CT molecular complexity index is 427. The first-order chi connectivity index (χ1) is 9.71. The molecule has 1 aliphatic rings. The molecule has 6 nitrogen and oxygen atoms in total. The van der Waals surface area contributed by atoms with Crippen molar-refractivity contribution in [3.8, 4) is 0 Å². The number of aliphatic carboxylic acids is 1. The molecule has 0 spiro atoms. The van der Waals surface area contributed by atoms with Crippen LogP contribution in [0.25, 0.3) is 0 Å². The topological polar surface area (TPSA) is 91.8 Å². The number of hydrogen-bond acceptors (Lipinski definition) is 5. The van der Waals surface area contributed by atoms with E-state index >= 15 is 0 Å². The Morgan fingerprint density at radius 2 is 1.76 bits per heavy atom. The molecule has 0 bridgehead atoms. The molecular formula is C14H21NO5S. The minimum Gasteiger partial charge on any atom is -0.481 e. The second-order valence-electron chi connectivity index (χ2n) is 5.99. The van der Waals surface area contributed by atoms with Crippen molar-refractivity contribution in [2.75, 3.05) is 18.1 Å². The van der Waals surface area contributed by atoms with E-state index < -0.39 is 5.97 Å². The molecule has 0 aromatic rings. The highest BCUT2D eigenvalue weighted by molar-refractivity contribution is 8.00. The van der Waals surface area contributed by atoms with Crippen molar-refractivity contribution in [2.24, 2.45) is 5.41 Å². The average Bonchev–Trinajstić information content (AvgIpc) is 2.30. The van der Waals surface area contributed by atoms with Crippen molar-refractivity contribution in [1.29, 1.82) is 0 Å². The molecule has 0 aliphatic carbocycles. The first-order valence-electron chi connectivity index (χ1n) is 6.86. The number of carbonyl (C=O) groups excluding carboxylic acids is 3. The van der Waals surface area contributed by atoms with Crippen LogP contribution in [0.2, 0.25) is 0 Å². The predicted octanol–water partition coefficient (Wildman–Crippen LogP) is 1.33. The zero-order chi connectivity index (χ0) is 16.0. The summed E-state index contributed by atoms with van der Waals surface area (Å²) < 4.78 is 0. The molecule has 2 amide bonds. The third-order valence-electron chi connectivity index (χ3n) is 3.19. The number of carboxylic acid groups (broad SMARTS) is 1. The van der Waals surface area contributed by atoms with Gasteiger partial charge in [-0.05, 0) is 11.8 Å². The fourth-order valence-electron chi connectivity index (χ4n) is 2.22. The van der Waals surface area contributed by atoms with E-state index in [1.165, 1.54) is 4.90 Å². The highest BCUT2D eigenvalue weighted by Crippen LogP contribution is 2.31. The van der Waals surface area contributed by atoms with Crippen LogP contribution >= 0.6 is 11.8 Å². The molecule has 1 saturated heterocycles. The third-order valence-corrected chi connectivity index (χ3v) is 4.16. The minimum atomic E-state index is -0.945. The molecule has 0 aromatic heterocycles. The summed E-state index contributed by atoms with van der Waals surface area (Å²) >= 11 is 1.06.